The van der Waals surface area contributed by atoms with Crippen molar-refractivity contribution in [3.63, 3.8) is 0 Å². The average Bonchev–Trinajstić information content (AvgIpc) is 2.91. The van der Waals surface area contributed by atoms with E-state index in [-0.39, 0.29) is 0 Å². The van der Waals surface area contributed by atoms with Crippen LogP contribution in [0.1, 0.15) is 44.4 Å². The van der Waals surface area contributed by atoms with E-state index < -0.39 is 6.23 Å². The third kappa shape index (κ3) is 4.25. The van der Waals surface area contributed by atoms with E-state index in [1.165, 1.54) is 19.3 Å². The van der Waals surface area contributed by atoms with Gasteiger partial charge < -0.3 is 10.1 Å². The molecule has 3 heterocycles. The zero-order chi connectivity index (χ0) is 19.2. The molecule has 0 radical (unpaired) electrons. The molecule has 1 aliphatic rings. The van der Waals surface area contributed by atoms with Crippen LogP contribution in [0.15, 0.2) is 53.9 Å². The van der Waals surface area contributed by atoms with Crippen LogP contribution < -0.4 is 10.1 Å². The van der Waals surface area contributed by atoms with Crippen LogP contribution in [0, 0.1) is 0 Å². The fourth-order valence-electron chi connectivity index (χ4n) is 3.08. The largest absolute Gasteiger partial charge is 0.448 e. The highest BCUT2D eigenvalue weighted by Gasteiger charge is 2.26. The highest BCUT2D eigenvalue weighted by molar-refractivity contribution is 7.99. The number of benzene rings is 1. The number of ether oxygens (including phenoxy) is 1. The van der Waals surface area contributed by atoms with Gasteiger partial charge in [-0.05, 0) is 18.6 Å². The standard InChI is InChI=1S/C21H23N5OS/c1-2-3-4-7-13-28-21-24-20-18(25-26-21)16-10-5-6-11-17(16)23-19(27-20)15-9-8-12-22-14-15/h5-6,8-12,14,19,23H,2-4,7,13H2,1H3/t19-/m0/s1. The van der Waals surface area contributed by atoms with E-state index in [9.17, 15) is 0 Å². The number of anilines is 1. The Bertz CT molecular complexity index is 922. The second-order valence-corrected chi connectivity index (χ2v) is 7.69. The Hall–Kier alpha value is -2.67. The van der Waals surface area contributed by atoms with Crippen molar-refractivity contribution in [1.29, 1.82) is 0 Å². The number of pyridine rings is 1. The van der Waals surface area contributed by atoms with E-state index in [2.05, 4.69) is 32.4 Å². The lowest BCUT2D eigenvalue weighted by atomic mass is 10.1. The molecule has 0 aliphatic carbocycles. The number of unbranched alkanes of at least 4 members (excludes halogenated alkanes) is 3. The number of para-hydroxylation sites is 1. The van der Waals surface area contributed by atoms with Gasteiger partial charge in [0.05, 0.1) is 0 Å². The molecule has 0 amide bonds. The van der Waals surface area contributed by atoms with Gasteiger partial charge in [0.25, 0.3) is 0 Å². The summed E-state index contributed by atoms with van der Waals surface area (Å²) in [5, 5.41) is 12.9. The molecule has 4 rings (SSSR count). The minimum Gasteiger partial charge on any atom is -0.448 e. The van der Waals surface area contributed by atoms with Gasteiger partial charge in [-0.3, -0.25) is 4.98 Å². The summed E-state index contributed by atoms with van der Waals surface area (Å²) in [6.07, 6.45) is 8.04. The van der Waals surface area contributed by atoms with Crippen molar-refractivity contribution in [2.24, 2.45) is 0 Å². The summed E-state index contributed by atoms with van der Waals surface area (Å²) >= 11 is 1.63. The molecule has 1 N–H and O–H groups in total. The number of nitrogens with zero attached hydrogens (tertiary/aromatic N) is 4. The van der Waals surface area contributed by atoms with Crippen molar-refractivity contribution in [1.82, 2.24) is 20.2 Å². The average molecular weight is 394 g/mol. The van der Waals surface area contributed by atoms with Crippen molar-refractivity contribution in [2.45, 2.75) is 44.0 Å². The Morgan fingerprint density at radius 1 is 1.07 bits per heavy atom. The molecule has 1 aromatic carbocycles. The SMILES string of the molecule is CCCCCCSc1nnc2c(n1)O[C@@H](c1cccnc1)Nc1ccccc1-2. The molecule has 7 heteroatoms. The lowest BCUT2D eigenvalue weighted by Crippen LogP contribution is -2.17. The maximum Gasteiger partial charge on any atom is 0.247 e. The second-order valence-electron chi connectivity index (χ2n) is 6.63. The monoisotopic (exact) mass is 393 g/mol. The first kappa shape index (κ1) is 18.7. The third-order valence-corrected chi connectivity index (χ3v) is 5.47. The Morgan fingerprint density at radius 3 is 2.86 bits per heavy atom. The van der Waals surface area contributed by atoms with Crippen LogP contribution in [-0.4, -0.2) is 25.9 Å². The molecule has 0 saturated carbocycles. The summed E-state index contributed by atoms with van der Waals surface area (Å²) in [5.74, 6) is 1.48. The van der Waals surface area contributed by atoms with E-state index in [0.29, 0.717) is 16.7 Å². The number of nitrogens with one attached hydrogen (secondary N) is 1. The van der Waals surface area contributed by atoms with E-state index >= 15 is 0 Å². The first-order valence-corrected chi connectivity index (χ1v) is 10.6. The molecule has 0 bridgehead atoms. The maximum absolute atomic E-state index is 6.23. The summed E-state index contributed by atoms with van der Waals surface area (Å²) in [4.78, 5) is 8.88. The lowest BCUT2D eigenvalue weighted by Gasteiger charge is -2.18. The highest BCUT2D eigenvalue weighted by Crippen LogP contribution is 2.39. The van der Waals surface area contributed by atoms with Crippen LogP contribution >= 0.6 is 11.8 Å². The van der Waals surface area contributed by atoms with Gasteiger partial charge in [0.2, 0.25) is 11.0 Å². The fourth-order valence-corrected chi connectivity index (χ4v) is 3.86. The molecule has 28 heavy (non-hydrogen) atoms. The summed E-state index contributed by atoms with van der Waals surface area (Å²) in [6.45, 7) is 2.22. The minimum absolute atomic E-state index is 0.393. The Morgan fingerprint density at radius 2 is 2.00 bits per heavy atom. The van der Waals surface area contributed by atoms with Crippen LogP contribution in [0.3, 0.4) is 0 Å². The fraction of sp³-hybridized carbons (Fsp3) is 0.333. The zero-order valence-electron chi connectivity index (χ0n) is 15.8. The predicted octanol–water partition coefficient (Wildman–Crippen LogP) is 5.11. The van der Waals surface area contributed by atoms with E-state index in [0.717, 1.165) is 29.0 Å². The molecule has 1 atom stereocenters. The van der Waals surface area contributed by atoms with Crippen molar-refractivity contribution in [3.05, 3.63) is 54.4 Å². The topological polar surface area (TPSA) is 72.8 Å². The van der Waals surface area contributed by atoms with Gasteiger partial charge in [0, 0.05) is 35.0 Å². The van der Waals surface area contributed by atoms with E-state index in [1.54, 1.807) is 24.2 Å². The zero-order valence-corrected chi connectivity index (χ0v) is 16.7. The summed E-state index contributed by atoms with van der Waals surface area (Å²) in [7, 11) is 0. The quantitative estimate of drug-likeness (QED) is 0.442. The smallest absolute Gasteiger partial charge is 0.247 e. The van der Waals surface area contributed by atoms with Crippen molar-refractivity contribution >= 4 is 17.4 Å². The van der Waals surface area contributed by atoms with E-state index in [4.69, 9.17) is 4.74 Å². The van der Waals surface area contributed by atoms with Gasteiger partial charge in [-0.25, -0.2) is 0 Å². The summed E-state index contributed by atoms with van der Waals surface area (Å²) in [5.41, 5.74) is 3.46. The molecular formula is C21H23N5OS. The van der Waals surface area contributed by atoms with Crippen molar-refractivity contribution < 1.29 is 4.74 Å². The Balaban J connectivity index is 1.62. The molecule has 6 nitrogen and oxygen atoms in total. The van der Waals surface area contributed by atoms with Gasteiger partial charge in [-0.2, -0.15) is 4.98 Å². The highest BCUT2D eigenvalue weighted by atomic mass is 32.2. The van der Waals surface area contributed by atoms with Gasteiger partial charge in [0.15, 0.2) is 11.9 Å². The molecular weight excluding hydrogens is 370 g/mol. The van der Waals surface area contributed by atoms with Crippen molar-refractivity contribution in [2.75, 3.05) is 11.1 Å². The molecule has 2 aromatic heterocycles. The molecule has 0 unspecified atom stereocenters. The van der Waals surface area contributed by atoms with Crippen LogP contribution in [-0.2, 0) is 0 Å². The minimum atomic E-state index is -0.393. The van der Waals surface area contributed by atoms with Crippen LogP contribution in [0.5, 0.6) is 5.88 Å². The number of aromatic nitrogens is 4. The summed E-state index contributed by atoms with van der Waals surface area (Å²) in [6, 6.07) is 11.9. The normalized spacial score (nSPS) is 15.0. The first-order valence-electron chi connectivity index (χ1n) is 9.65. The number of rotatable bonds is 7. The molecule has 0 spiro atoms. The van der Waals surface area contributed by atoms with Crippen molar-refractivity contribution in [3.8, 4) is 17.1 Å². The van der Waals surface area contributed by atoms with E-state index in [1.807, 2.05) is 36.4 Å². The van der Waals surface area contributed by atoms with Crippen LogP contribution in [0.25, 0.3) is 11.3 Å². The van der Waals surface area contributed by atoms with Crippen LogP contribution in [0.2, 0.25) is 0 Å². The number of thioether (sulfide) groups is 1. The molecule has 1 aliphatic heterocycles. The Kier molecular flexibility index (Phi) is 6.01. The van der Waals surface area contributed by atoms with Gasteiger partial charge in [-0.15, -0.1) is 10.2 Å². The van der Waals surface area contributed by atoms with Gasteiger partial charge in [0.1, 0.15) is 0 Å². The maximum atomic E-state index is 6.23. The number of fused-ring (bicyclic) bond motifs is 3. The molecule has 0 saturated heterocycles. The number of hydrogen-bond donors (Lipinski definition) is 1. The molecule has 3 aromatic rings. The third-order valence-electron chi connectivity index (χ3n) is 4.55. The Labute approximate surface area is 169 Å². The van der Waals surface area contributed by atoms with Crippen LogP contribution in [0.4, 0.5) is 5.69 Å². The predicted molar refractivity (Wildman–Crippen MR) is 111 cm³/mol. The number of hydrogen-bond acceptors (Lipinski definition) is 7. The molecule has 144 valence electrons. The van der Waals surface area contributed by atoms with Gasteiger partial charge in [-0.1, -0.05) is 62.2 Å². The lowest BCUT2D eigenvalue weighted by molar-refractivity contribution is 0.225. The molecule has 0 fully saturated rings. The second kappa shape index (κ2) is 9.01. The van der Waals surface area contributed by atoms with Gasteiger partial charge >= 0.3 is 0 Å². The first-order chi connectivity index (χ1) is 13.8. The summed E-state index contributed by atoms with van der Waals surface area (Å²) < 4.78 is 6.23.